The van der Waals surface area contributed by atoms with Crippen molar-refractivity contribution in [2.75, 3.05) is 5.73 Å². The van der Waals surface area contributed by atoms with Crippen LogP contribution in [0.25, 0.3) is 34.0 Å². The number of oxazole rings is 1. The smallest absolute Gasteiger partial charge is 0.313 e. The summed E-state index contributed by atoms with van der Waals surface area (Å²) in [5.74, 6) is 0.838. The van der Waals surface area contributed by atoms with Gasteiger partial charge in [0.15, 0.2) is 5.58 Å². The van der Waals surface area contributed by atoms with Crippen LogP contribution in [0.4, 0.5) is 6.01 Å². The summed E-state index contributed by atoms with van der Waals surface area (Å²) >= 11 is 5.96. The monoisotopic (exact) mass is 312 g/mol. The van der Waals surface area contributed by atoms with Gasteiger partial charge in [-0.3, -0.25) is 0 Å². The molecule has 2 aromatic carbocycles. The van der Waals surface area contributed by atoms with E-state index in [9.17, 15) is 0 Å². The molecule has 2 N–H and O–H groups in total. The van der Waals surface area contributed by atoms with Crippen LogP contribution in [0.3, 0.4) is 0 Å². The fraction of sp³-hybridized carbons (Fsp3) is 0. The molecule has 0 aliphatic rings. The molecule has 0 spiro atoms. The van der Waals surface area contributed by atoms with E-state index in [1.54, 1.807) is 18.2 Å². The Kier molecular flexibility index (Phi) is 2.83. The van der Waals surface area contributed by atoms with Crippen LogP contribution in [0.5, 0.6) is 0 Å². The summed E-state index contributed by atoms with van der Waals surface area (Å²) in [6.07, 6.45) is 0. The zero-order valence-electron chi connectivity index (χ0n) is 11.2. The SMILES string of the molecule is Nc1nnc(-c2cccc(-c3nc4cc(Cl)ccc4o3)c2)o1. The Hall–Kier alpha value is -2.86. The molecular formula is C15H9ClN4O2. The molecule has 4 aromatic rings. The fourth-order valence-corrected chi connectivity index (χ4v) is 2.33. The van der Waals surface area contributed by atoms with Gasteiger partial charge in [-0.25, -0.2) is 4.98 Å². The Morgan fingerprint density at radius 2 is 1.73 bits per heavy atom. The zero-order valence-corrected chi connectivity index (χ0v) is 11.9. The number of nitrogens with two attached hydrogens (primary N) is 1. The van der Waals surface area contributed by atoms with Gasteiger partial charge in [0, 0.05) is 16.1 Å². The second-order valence-electron chi connectivity index (χ2n) is 4.66. The van der Waals surface area contributed by atoms with E-state index in [1.165, 1.54) is 0 Å². The van der Waals surface area contributed by atoms with Crippen LogP contribution >= 0.6 is 11.6 Å². The molecule has 0 radical (unpaired) electrons. The van der Waals surface area contributed by atoms with Gasteiger partial charge in [0.05, 0.1) is 0 Å². The zero-order chi connectivity index (χ0) is 15.1. The number of halogens is 1. The predicted octanol–water partition coefficient (Wildman–Crippen LogP) is 3.78. The average Bonchev–Trinajstić information content (AvgIpc) is 3.13. The lowest BCUT2D eigenvalue weighted by molar-refractivity contribution is 0.590. The molecule has 0 amide bonds. The van der Waals surface area contributed by atoms with E-state index in [0.29, 0.717) is 27.9 Å². The first kappa shape index (κ1) is 12.8. The first-order valence-electron chi connectivity index (χ1n) is 6.45. The number of anilines is 1. The van der Waals surface area contributed by atoms with Crippen molar-refractivity contribution >= 4 is 28.7 Å². The number of hydrogen-bond acceptors (Lipinski definition) is 6. The minimum Gasteiger partial charge on any atom is -0.436 e. The van der Waals surface area contributed by atoms with Crippen molar-refractivity contribution in [3.05, 3.63) is 47.5 Å². The summed E-state index contributed by atoms with van der Waals surface area (Å²) < 4.78 is 11.0. The van der Waals surface area contributed by atoms with E-state index in [-0.39, 0.29) is 6.01 Å². The summed E-state index contributed by atoms with van der Waals surface area (Å²) in [5, 5.41) is 8.13. The quantitative estimate of drug-likeness (QED) is 0.605. The molecule has 108 valence electrons. The number of fused-ring (bicyclic) bond motifs is 1. The van der Waals surface area contributed by atoms with Crippen LogP contribution in [0, 0.1) is 0 Å². The molecule has 0 aliphatic carbocycles. The Balaban J connectivity index is 1.81. The standard InChI is InChI=1S/C15H9ClN4O2/c16-10-4-5-12-11(7-10)18-13(21-12)8-2-1-3-9(6-8)14-19-20-15(17)22-14/h1-7H,(H2,17,20). The van der Waals surface area contributed by atoms with Crippen molar-refractivity contribution < 1.29 is 8.83 Å². The van der Waals surface area contributed by atoms with Crippen LogP contribution in [-0.2, 0) is 0 Å². The fourth-order valence-electron chi connectivity index (χ4n) is 2.16. The highest BCUT2D eigenvalue weighted by molar-refractivity contribution is 6.31. The lowest BCUT2D eigenvalue weighted by Gasteiger charge is -1.98. The Morgan fingerprint density at radius 3 is 2.50 bits per heavy atom. The van der Waals surface area contributed by atoms with Crippen LogP contribution < -0.4 is 5.73 Å². The second-order valence-corrected chi connectivity index (χ2v) is 5.09. The summed E-state index contributed by atoms with van der Waals surface area (Å²) in [5.41, 5.74) is 8.35. The molecule has 0 aliphatic heterocycles. The maximum Gasteiger partial charge on any atom is 0.313 e. The van der Waals surface area contributed by atoms with Gasteiger partial charge in [-0.2, -0.15) is 0 Å². The van der Waals surface area contributed by atoms with Crippen molar-refractivity contribution in [3.63, 3.8) is 0 Å². The first-order valence-corrected chi connectivity index (χ1v) is 6.83. The maximum absolute atomic E-state index is 5.96. The largest absolute Gasteiger partial charge is 0.436 e. The third-order valence-electron chi connectivity index (χ3n) is 3.15. The molecule has 22 heavy (non-hydrogen) atoms. The number of nitrogen functional groups attached to an aromatic ring is 1. The number of hydrogen-bond donors (Lipinski definition) is 1. The minimum absolute atomic E-state index is 0.0249. The Morgan fingerprint density at radius 1 is 0.909 bits per heavy atom. The molecule has 2 aromatic heterocycles. The highest BCUT2D eigenvalue weighted by Crippen LogP contribution is 2.29. The van der Waals surface area contributed by atoms with Gasteiger partial charge in [0.2, 0.25) is 11.8 Å². The van der Waals surface area contributed by atoms with Gasteiger partial charge in [0.25, 0.3) is 0 Å². The van der Waals surface area contributed by atoms with E-state index in [2.05, 4.69) is 15.2 Å². The highest BCUT2D eigenvalue weighted by Gasteiger charge is 2.12. The Labute approximate surface area is 129 Å². The van der Waals surface area contributed by atoms with Gasteiger partial charge < -0.3 is 14.6 Å². The normalized spacial score (nSPS) is 11.1. The minimum atomic E-state index is 0.0249. The molecule has 7 heteroatoms. The number of nitrogens with zero attached hydrogens (tertiary/aromatic N) is 3. The summed E-state index contributed by atoms with van der Waals surface area (Å²) in [4.78, 5) is 4.44. The topological polar surface area (TPSA) is 91.0 Å². The molecular weight excluding hydrogens is 304 g/mol. The van der Waals surface area contributed by atoms with Crippen LogP contribution in [0.2, 0.25) is 5.02 Å². The summed E-state index contributed by atoms with van der Waals surface area (Å²) in [6.45, 7) is 0. The van der Waals surface area contributed by atoms with Crippen molar-refractivity contribution in [1.82, 2.24) is 15.2 Å². The van der Waals surface area contributed by atoms with Crippen LogP contribution in [0.1, 0.15) is 0 Å². The molecule has 0 saturated carbocycles. The lowest BCUT2D eigenvalue weighted by Crippen LogP contribution is -1.81. The molecule has 0 atom stereocenters. The molecule has 0 saturated heterocycles. The molecule has 0 unspecified atom stereocenters. The molecule has 0 bridgehead atoms. The highest BCUT2D eigenvalue weighted by atomic mass is 35.5. The van der Waals surface area contributed by atoms with E-state index < -0.39 is 0 Å². The van der Waals surface area contributed by atoms with Gasteiger partial charge in [-0.05, 0) is 36.4 Å². The number of rotatable bonds is 2. The van der Waals surface area contributed by atoms with Crippen LogP contribution in [-0.4, -0.2) is 15.2 Å². The van der Waals surface area contributed by atoms with E-state index in [4.69, 9.17) is 26.2 Å². The molecule has 2 heterocycles. The van der Waals surface area contributed by atoms with Gasteiger partial charge in [-0.15, -0.1) is 5.10 Å². The lowest BCUT2D eigenvalue weighted by atomic mass is 10.1. The third-order valence-corrected chi connectivity index (χ3v) is 3.38. The van der Waals surface area contributed by atoms with E-state index >= 15 is 0 Å². The van der Waals surface area contributed by atoms with E-state index in [0.717, 1.165) is 11.1 Å². The molecule has 6 nitrogen and oxygen atoms in total. The number of aromatic nitrogens is 3. The Bertz CT molecular complexity index is 977. The summed E-state index contributed by atoms with van der Waals surface area (Å²) in [6, 6.07) is 12.8. The van der Waals surface area contributed by atoms with Gasteiger partial charge in [0.1, 0.15) is 5.52 Å². The average molecular weight is 313 g/mol. The third kappa shape index (κ3) is 2.19. The summed E-state index contributed by atoms with van der Waals surface area (Å²) in [7, 11) is 0. The van der Waals surface area contributed by atoms with E-state index in [1.807, 2.05) is 24.3 Å². The van der Waals surface area contributed by atoms with Crippen molar-refractivity contribution in [2.24, 2.45) is 0 Å². The molecule has 0 fully saturated rings. The maximum atomic E-state index is 5.96. The predicted molar refractivity (Wildman–Crippen MR) is 82.2 cm³/mol. The van der Waals surface area contributed by atoms with Crippen molar-refractivity contribution in [2.45, 2.75) is 0 Å². The van der Waals surface area contributed by atoms with Crippen molar-refractivity contribution in [3.8, 4) is 22.9 Å². The molecule has 4 rings (SSSR count). The second kappa shape index (κ2) is 4.85. The van der Waals surface area contributed by atoms with Crippen LogP contribution in [0.15, 0.2) is 51.3 Å². The number of benzene rings is 2. The van der Waals surface area contributed by atoms with Crippen molar-refractivity contribution in [1.29, 1.82) is 0 Å². The first-order chi connectivity index (χ1) is 10.7. The van der Waals surface area contributed by atoms with Gasteiger partial charge >= 0.3 is 6.01 Å². The van der Waals surface area contributed by atoms with Gasteiger partial charge in [-0.1, -0.05) is 22.8 Å².